The zero-order valence-corrected chi connectivity index (χ0v) is 9.01. The lowest BCUT2D eigenvalue weighted by Crippen LogP contribution is -2.13. The molecule has 1 rings (SSSR count). The summed E-state index contributed by atoms with van der Waals surface area (Å²) in [4.78, 5) is 4.15. The molecule has 0 aliphatic heterocycles. The van der Waals surface area contributed by atoms with Crippen molar-refractivity contribution in [1.29, 1.82) is 0 Å². The first-order valence-corrected chi connectivity index (χ1v) is 4.47. The Bertz CT molecular complexity index is 299. The van der Waals surface area contributed by atoms with Gasteiger partial charge in [0, 0.05) is 11.8 Å². The first kappa shape index (κ1) is 10.0. The average molecular weight is 179 g/mol. The van der Waals surface area contributed by atoms with E-state index in [-0.39, 0.29) is 5.41 Å². The summed E-state index contributed by atoms with van der Waals surface area (Å²) in [5.41, 5.74) is 2.58. The molecular formula is C11H17NO. The Hall–Kier alpha value is -1.05. The molecule has 0 saturated carbocycles. The van der Waals surface area contributed by atoms with Crippen molar-refractivity contribution < 1.29 is 4.74 Å². The minimum atomic E-state index is 0.153. The third-order valence-electron chi connectivity index (χ3n) is 2.16. The van der Waals surface area contributed by atoms with E-state index in [2.05, 4.69) is 31.8 Å². The molecule has 1 aromatic heterocycles. The summed E-state index contributed by atoms with van der Waals surface area (Å²) in [6, 6.07) is 2.05. The van der Waals surface area contributed by atoms with Gasteiger partial charge in [-0.2, -0.15) is 0 Å². The molecule has 1 aromatic rings. The van der Waals surface area contributed by atoms with Crippen LogP contribution in [0.15, 0.2) is 12.3 Å². The molecule has 0 saturated heterocycles. The van der Waals surface area contributed by atoms with Crippen LogP contribution in [0, 0.1) is 6.92 Å². The van der Waals surface area contributed by atoms with Crippen LogP contribution in [0.3, 0.4) is 0 Å². The smallest absolute Gasteiger partial charge is 0.216 e. The summed E-state index contributed by atoms with van der Waals surface area (Å²) in [5, 5.41) is 0. The molecule has 0 unspecified atom stereocenters. The molecule has 72 valence electrons. The fourth-order valence-corrected chi connectivity index (χ4v) is 1.53. The van der Waals surface area contributed by atoms with Crippen LogP contribution in [0.5, 0.6) is 5.88 Å². The predicted molar refractivity (Wildman–Crippen MR) is 54.2 cm³/mol. The number of methoxy groups -OCH3 is 1. The van der Waals surface area contributed by atoms with E-state index in [1.54, 1.807) is 13.3 Å². The molecule has 0 aliphatic carbocycles. The van der Waals surface area contributed by atoms with Crippen LogP contribution < -0.4 is 4.74 Å². The maximum absolute atomic E-state index is 5.17. The van der Waals surface area contributed by atoms with E-state index in [0.717, 1.165) is 11.4 Å². The predicted octanol–water partition coefficient (Wildman–Crippen LogP) is 2.70. The first-order chi connectivity index (χ1) is 5.96. The molecule has 0 amide bonds. The third kappa shape index (κ3) is 2.00. The second-order valence-electron chi connectivity index (χ2n) is 4.24. The Morgan fingerprint density at radius 2 is 1.92 bits per heavy atom. The van der Waals surface area contributed by atoms with Crippen LogP contribution in [-0.4, -0.2) is 12.1 Å². The second-order valence-corrected chi connectivity index (χ2v) is 4.24. The monoisotopic (exact) mass is 179 g/mol. The van der Waals surface area contributed by atoms with Crippen molar-refractivity contribution in [2.45, 2.75) is 33.1 Å². The molecule has 0 N–H and O–H groups in total. The standard InChI is InChI=1S/C11H17NO/c1-8-9(11(2,3)4)6-7-12-10(8)13-5/h6-7H,1-5H3. The Morgan fingerprint density at radius 3 is 2.38 bits per heavy atom. The quantitative estimate of drug-likeness (QED) is 0.661. The van der Waals surface area contributed by atoms with Gasteiger partial charge in [0.25, 0.3) is 0 Å². The molecule has 2 nitrogen and oxygen atoms in total. The summed E-state index contributed by atoms with van der Waals surface area (Å²) < 4.78 is 5.17. The highest BCUT2D eigenvalue weighted by molar-refractivity contribution is 5.37. The van der Waals surface area contributed by atoms with Crippen molar-refractivity contribution in [3.63, 3.8) is 0 Å². The van der Waals surface area contributed by atoms with Crippen molar-refractivity contribution in [3.8, 4) is 5.88 Å². The van der Waals surface area contributed by atoms with Gasteiger partial charge in [-0.1, -0.05) is 20.8 Å². The molecule has 13 heavy (non-hydrogen) atoms. The number of nitrogens with zero attached hydrogens (tertiary/aromatic N) is 1. The van der Waals surface area contributed by atoms with Gasteiger partial charge in [-0.05, 0) is 24.0 Å². The van der Waals surface area contributed by atoms with E-state index in [9.17, 15) is 0 Å². The fraction of sp³-hybridized carbons (Fsp3) is 0.545. The molecule has 0 radical (unpaired) electrons. The van der Waals surface area contributed by atoms with Crippen LogP contribution in [0.1, 0.15) is 31.9 Å². The molecule has 0 spiro atoms. The van der Waals surface area contributed by atoms with Crippen molar-refractivity contribution in [2.75, 3.05) is 7.11 Å². The van der Waals surface area contributed by atoms with Gasteiger partial charge in [-0.15, -0.1) is 0 Å². The molecule has 1 heterocycles. The van der Waals surface area contributed by atoms with Gasteiger partial charge in [0.15, 0.2) is 0 Å². The normalized spacial score (nSPS) is 11.5. The van der Waals surface area contributed by atoms with E-state index in [1.807, 2.05) is 6.92 Å². The summed E-state index contributed by atoms with van der Waals surface area (Å²) in [6.07, 6.45) is 1.80. The summed E-state index contributed by atoms with van der Waals surface area (Å²) in [6.45, 7) is 8.62. The highest BCUT2D eigenvalue weighted by atomic mass is 16.5. The van der Waals surface area contributed by atoms with Crippen LogP contribution in [0.25, 0.3) is 0 Å². The number of hydrogen-bond acceptors (Lipinski definition) is 2. The van der Waals surface area contributed by atoms with Gasteiger partial charge < -0.3 is 4.74 Å². The number of ether oxygens (including phenoxy) is 1. The van der Waals surface area contributed by atoms with Gasteiger partial charge >= 0.3 is 0 Å². The Morgan fingerprint density at radius 1 is 1.31 bits per heavy atom. The molecular weight excluding hydrogens is 162 g/mol. The number of hydrogen-bond donors (Lipinski definition) is 0. The van der Waals surface area contributed by atoms with E-state index in [0.29, 0.717) is 0 Å². The van der Waals surface area contributed by atoms with Crippen molar-refractivity contribution in [3.05, 3.63) is 23.4 Å². The number of rotatable bonds is 1. The first-order valence-electron chi connectivity index (χ1n) is 4.47. The zero-order chi connectivity index (χ0) is 10.1. The van der Waals surface area contributed by atoms with Gasteiger partial charge in [0.1, 0.15) is 0 Å². The Kier molecular flexibility index (Phi) is 2.60. The molecule has 2 heteroatoms. The zero-order valence-electron chi connectivity index (χ0n) is 9.01. The molecule has 0 atom stereocenters. The van der Waals surface area contributed by atoms with E-state index < -0.39 is 0 Å². The average Bonchev–Trinajstić information content (AvgIpc) is 2.02. The van der Waals surface area contributed by atoms with Gasteiger partial charge in [-0.3, -0.25) is 0 Å². The summed E-state index contributed by atoms with van der Waals surface area (Å²) >= 11 is 0. The van der Waals surface area contributed by atoms with Crippen LogP contribution in [0.2, 0.25) is 0 Å². The maximum atomic E-state index is 5.17. The van der Waals surface area contributed by atoms with Crippen molar-refractivity contribution >= 4 is 0 Å². The minimum Gasteiger partial charge on any atom is -0.481 e. The van der Waals surface area contributed by atoms with Crippen LogP contribution in [0.4, 0.5) is 0 Å². The van der Waals surface area contributed by atoms with E-state index in [4.69, 9.17) is 4.74 Å². The lowest BCUT2D eigenvalue weighted by Gasteiger charge is -2.22. The summed E-state index contributed by atoms with van der Waals surface area (Å²) in [7, 11) is 1.65. The summed E-state index contributed by atoms with van der Waals surface area (Å²) in [5.74, 6) is 0.729. The van der Waals surface area contributed by atoms with E-state index >= 15 is 0 Å². The highest BCUT2D eigenvalue weighted by Crippen LogP contribution is 2.28. The third-order valence-corrected chi connectivity index (χ3v) is 2.16. The topological polar surface area (TPSA) is 22.1 Å². The fourth-order valence-electron chi connectivity index (χ4n) is 1.53. The SMILES string of the molecule is COc1nccc(C(C)(C)C)c1C. The lowest BCUT2D eigenvalue weighted by atomic mass is 9.85. The molecule has 0 aromatic carbocycles. The second kappa shape index (κ2) is 3.36. The van der Waals surface area contributed by atoms with Gasteiger partial charge in [-0.25, -0.2) is 4.98 Å². The minimum absolute atomic E-state index is 0.153. The largest absolute Gasteiger partial charge is 0.481 e. The van der Waals surface area contributed by atoms with Crippen LogP contribution in [-0.2, 0) is 5.41 Å². The van der Waals surface area contributed by atoms with Crippen LogP contribution >= 0.6 is 0 Å². The Labute approximate surface area is 80.0 Å². The highest BCUT2D eigenvalue weighted by Gasteiger charge is 2.18. The molecule has 0 fully saturated rings. The number of aromatic nitrogens is 1. The molecule has 0 bridgehead atoms. The van der Waals surface area contributed by atoms with Gasteiger partial charge in [0.2, 0.25) is 5.88 Å². The molecule has 0 aliphatic rings. The lowest BCUT2D eigenvalue weighted by molar-refractivity contribution is 0.391. The van der Waals surface area contributed by atoms with E-state index in [1.165, 1.54) is 5.56 Å². The maximum Gasteiger partial charge on any atom is 0.216 e. The number of pyridine rings is 1. The van der Waals surface area contributed by atoms with Crippen molar-refractivity contribution in [1.82, 2.24) is 4.98 Å². The van der Waals surface area contributed by atoms with Crippen molar-refractivity contribution in [2.24, 2.45) is 0 Å². The van der Waals surface area contributed by atoms with Gasteiger partial charge in [0.05, 0.1) is 7.11 Å². The Balaban J connectivity index is 3.24.